The number of carbonyl (C=O) groups is 1. The predicted molar refractivity (Wildman–Crippen MR) is 161 cm³/mol. The molecule has 0 saturated carbocycles. The van der Waals surface area contributed by atoms with Crippen LogP contribution in [0.25, 0.3) is 5.76 Å². The Morgan fingerprint density at radius 1 is 1.02 bits per heavy atom. The lowest BCUT2D eigenvalue weighted by atomic mass is 9.86. The van der Waals surface area contributed by atoms with Gasteiger partial charge in [-0.1, -0.05) is 58.0 Å². The van der Waals surface area contributed by atoms with Crippen LogP contribution in [0.1, 0.15) is 56.9 Å². The molecule has 1 aliphatic rings. The number of esters is 1. The van der Waals surface area contributed by atoms with E-state index in [1.807, 2.05) is 37.3 Å². The highest BCUT2D eigenvalue weighted by Gasteiger charge is 2.44. The van der Waals surface area contributed by atoms with Crippen molar-refractivity contribution in [3.05, 3.63) is 58.7 Å². The first-order chi connectivity index (χ1) is 18.7. The summed E-state index contributed by atoms with van der Waals surface area (Å²) in [6.07, 6.45) is 1.90. The molecule has 7 nitrogen and oxygen atoms in total. The van der Waals surface area contributed by atoms with Crippen molar-refractivity contribution in [1.29, 1.82) is 0 Å². The number of hydrogen-bond acceptors (Lipinski definition) is 7. The van der Waals surface area contributed by atoms with Crippen molar-refractivity contribution >= 4 is 20.0 Å². The minimum atomic E-state index is -1.99. The minimum Gasteiger partial charge on any atom is -0.493 e. The van der Waals surface area contributed by atoms with Gasteiger partial charge in [-0.15, -0.1) is 0 Å². The van der Waals surface area contributed by atoms with Crippen LogP contribution in [0.5, 0.6) is 17.2 Å². The monoisotopic (exact) mass is 570 g/mol. The van der Waals surface area contributed by atoms with Gasteiger partial charge < -0.3 is 28.1 Å². The molecular formula is C32H46O7Si. The molecule has 1 heterocycles. The summed E-state index contributed by atoms with van der Waals surface area (Å²) in [5.74, 6) is 1.75. The Balaban J connectivity index is 2.19. The van der Waals surface area contributed by atoms with Crippen molar-refractivity contribution < 1.29 is 32.9 Å². The largest absolute Gasteiger partial charge is 0.493 e. The zero-order chi connectivity index (χ0) is 29.9. The van der Waals surface area contributed by atoms with E-state index in [-0.39, 0.29) is 17.6 Å². The lowest BCUT2D eigenvalue weighted by Gasteiger charge is -2.39. The van der Waals surface area contributed by atoms with Crippen molar-refractivity contribution in [2.45, 2.75) is 78.8 Å². The number of ether oxygens (including phenoxy) is 5. The number of hydrogen-bond donors (Lipinski definition) is 0. The van der Waals surface area contributed by atoms with E-state index < -0.39 is 19.7 Å². The average Bonchev–Trinajstić information content (AvgIpc) is 3.20. The Labute approximate surface area is 240 Å². The first kappa shape index (κ1) is 31.6. The summed E-state index contributed by atoms with van der Waals surface area (Å²) in [6, 6.07) is 9.93. The van der Waals surface area contributed by atoms with Gasteiger partial charge in [0.25, 0.3) is 0 Å². The van der Waals surface area contributed by atoms with Crippen molar-refractivity contribution in [2.24, 2.45) is 5.41 Å². The van der Waals surface area contributed by atoms with E-state index in [0.717, 1.165) is 11.1 Å². The van der Waals surface area contributed by atoms with Crippen molar-refractivity contribution in [3.8, 4) is 17.2 Å². The van der Waals surface area contributed by atoms with Gasteiger partial charge in [0.2, 0.25) is 0 Å². The van der Waals surface area contributed by atoms with Crippen LogP contribution < -0.4 is 14.2 Å². The third-order valence-corrected chi connectivity index (χ3v) is 12.8. The second-order valence-corrected chi connectivity index (χ2v) is 17.0. The summed E-state index contributed by atoms with van der Waals surface area (Å²) in [7, 11) is 2.52. The standard InChI is InChI=1S/C32H46O7Si/c1-21-28(37-19-23-15-13-12-14-16-23)27(24(17-26(33)34-7)30(36-9)29(21)35-8)25-18-32(6,22(2)39-25)20-38-40(10,11)31(3,4)5/h12-16,18,22H,17,19-20H2,1-11H3/t22-,32+/m1/s1. The van der Waals surface area contributed by atoms with E-state index in [0.29, 0.717) is 47.3 Å². The third kappa shape index (κ3) is 6.49. The fraction of sp³-hybridized carbons (Fsp3) is 0.531. The van der Waals surface area contributed by atoms with Gasteiger partial charge in [-0.2, -0.15) is 0 Å². The van der Waals surface area contributed by atoms with E-state index in [2.05, 4.69) is 53.8 Å². The third-order valence-electron chi connectivity index (χ3n) is 8.36. The second kappa shape index (κ2) is 12.3. The number of methoxy groups -OCH3 is 3. The van der Waals surface area contributed by atoms with Gasteiger partial charge in [-0.3, -0.25) is 4.79 Å². The smallest absolute Gasteiger partial charge is 0.310 e. The maximum atomic E-state index is 12.7. The average molecular weight is 571 g/mol. The van der Waals surface area contributed by atoms with Crippen LogP contribution in [0, 0.1) is 12.3 Å². The molecule has 0 fully saturated rings. The van der Waals surface area contributed by atoms with Gasteiger partial charge in [0.15, 0.2) is 19.8 Å². The molecule has 0 unspecified atom stereocenters. The van der Waals surface area contributed by atoms with Crippen molar-refractivity contribution in [1.82, 2.24) is 0 Å². The second-order valence-electron chi connectivity index (χ2n) is 12.2. The molecule has 2 aromatic carbocycles. The topological polar surface area (TPSA) is 72.5 Å². The van der Waals surface area contributed by atoms with Crippen LogP contribution in [0.4, 0.5) is 0 Å². The number of carbonyl (C=O) groups excluding carboxylic acids is 1. The molecule has 2 atom stereocenters. The Bertz CT molecular complexity index is 1230. The predicted octanol–water partition coefficient (Wildman–Crippen LogP) is 7.09. The normalized spacial score (nSPS) is 19.1. The van der Waals surface area contributed by atoms with Crippen LogP contribution >= 0.6 is 0 Å². The van der Waals surface area contributed by atoms with Crippen LogP contribution in [0.15, 0.2) is 36.4 Å². The van der Waals surface area contributed by atoms with Crippen LogP contribution in [0.3, 0.4) is 0 Å². The van der Waals surface area contributed by atoms with Gasteiger partial charge in [-0.25, -0.2) is 0 Å². The molecule has 0 bridgehead atoms. The lowest BCUT2D eigenvalue weighted by Crippen LogP contribution is -2.44. The lowest BCUT2D eigenvalue weighted by molar-refractivity contribution is -0.139. The number of rotatable bonds is 11. The molecule has 0 radical (unpaired) electrons. The van der Waals surface area contributed by atoms with E-state index in [1.54, 1.807) is 14.2 Å². The molecular weight excluding hydrogens is 524 g/mol. The molecule has 0 aliphatic carbocycles. The van der Waals surface area contributed by atoms with Gasteiger partial charge in [-0.05, 0) is 43.6 Å². The van der Waals surface area contributed by atoms with Gasteiger partial charge >= 0.3 is 5.97 Å². The first-order valence-corrected chi connectivity index (χ1v) is 16.6. The Morgan fingerprint density at radius 2 is 1.65 bits per heavy atom. The van der Waals surface area contributed by atoms with E-state index in [4.69, 9.17) is 28.1 Å². The molecule has 0 spiro atoms. The summed E-state index contributed by atoms with van der Waals surface area (Å²) in [5, 5.41) is 0.0885. The zero-order valence-electron chi connectivity index (χ0n) is 26.0. The molecule has 0 aromatic heterocycles. The fourth-order valence-corrected chi connectivity index (χ4v) is 5.59. The Morgan fingerprint density at radius 3 is 2.20 bits per heavy atom. The van der Waals surface area contributed by atoms with Gasteiger partial charge in [0, 0.05) is 23.1 Å². The van der Waals surface area contributed by atoms with Crippen LogP contribution in [0.2, 0.25) is 18.1 Å². The van der Waals surface area contributed by atoms with Gasteiger partial charge in [0.05, 0.1) is 33.3 Å². The highest BCUT2D eigenvalue weighted by atomic mass is 28.4. The summed E-state index contributed by atoms with van der Waals surface area (Å²) in [4.78, 5) is 12.7. The van der Waals surface area contributed by atoms with Crippen molar-refractivity contribution in [2.75, 3.05) is 27.9 Å². The maximum absolute atomic E-state index is 12.7. The van der Waals surface area contributed by atoms with Gasteiger partial charge in [0.1, 0.15) is 24.2 Å². The highest BCUT2D eigenvalue weighted by Crippen LogP contribution is 2.51. The van der Waals surface area contributed by atoms with E-state index in [1.165, 1.54) is 7.11 Å². The minimum absolute atomic E-state index is 0.0421. The SMILES string of the molecule is COC(=O)Cc1c(OC)c(OC)c(C)c(OCc2ccccc2)c1C1=C[C@@](C)(CO[Si](C)(C)C(C)(C)C)[C@@H](C)O1. The Kier molecular flexibility index (Phi) is 9.68. The molecule has 40 heavy (non-hydrogen) atoms. The summed E-state index contributed by atoms with van der Waals surface area (Å²) < 4.78 is 36.4. The summed E-state index contributed by atoms with van der Waals surface area (Å²) in [6.45, 7) is 18.2. The van der Waals surface area contributed by atoms with E-state index >= 15 is 0 Å². The maximum Gasteiger partial charge on any atom is 0.310 e. The molecule has 0 amide bonds. The quantitative estimate of drug-likeness (QED) is 0.211. The molecule has 2 aromatic rings. The molecule has 220 valence electrons. The fourth-order valence-electron chi connectivity index (χ4n) is 4.48. The summed E-state index contributed by atoms with van der Waals surface area (Å²) in [5.41, 5.74) is 2.62. The first-order valence-electron chi connectivity index (χ1n) is 13.7. The Hall–Kier alpha value is -2.97. The van der Waals surface area contributed by atoms with E-state index in [9.17, 15) is 4.79 Å². The van der Waals surface area contributed by atoms with Crippen LogP contribution in [-0.2, 0) is 31.7 Å². The highest BCUT2D eigenvalue weighted by molar-refractivity contribution is 6.74. The van der Waals surface area contributed by atoms with Crippen molar-refractivity contribution in [3.63, 3.8) is 0 Å². The molecule has 0 saturated heterocycles. The zero-order valence-corrected chi connectivity index (χ0v) is 27.0. The number of benzene rings is 2. The van der Waals surface area contributed by atoms with Crippen LogP contribution in [-0.4, -0.2) is 48.3 Å². The molecule has 0 N–H and O–H groups in total. The molecule has 1 aliphatic heterocycles. The molecule has 3 rings (SSSR count). The summed E-state index contributed by atoms with van der Waals surface area (Å²) >= 11 is 0. The molecule has 8 heteroatoms.